The van der Waals surface area contributed by atoms with Crippen LogP contribution in [-0.4, -0.2) is 14.8 Å². The van der Waals surface area contributed by atoms with E-state index in [-0.39, 0.29) is 16.4 Å². The lowest BCUT2D eigenvalue weighted by molar-refractivity contribution is -0.137. The molecule has 2 aromatic carbocycles. The molecule has 0 atom stereocenters. The van der Waals surface area contributed by atoms with Gasteiger partial charge in [-0.3, -0.25) is 0 Å². The van der Waals surface area contributed by atoms with E-state index in [1.54, 1.807) is 17.8 Å². The molecule has 0 bridgehead atoms. The Morgan fingerprint density at radius 1 is 1.00 bits per heavy atom. The van der Waals surface area contributed by atoms with E-state index < -0.39 is 17.6 Å². The Morgan fingerprint density at radius 2 is 1.68 bits per heavy atom. The zero-order chi connectivity index (χ0) is 22.5. The fraction of sp³-hybridized carbons (Fsp3) is 0.182. The summed E-state index contributed by atoms with van der Waals surface area (Å²) >= 11 is 7.62. The number of halogens is 5. The van der Waals surface area contributed by atoms with E-state index in [2.05, 4.69) is 10.1 Å². The molecule has 0 radical (unpaired) electrons. The predicted octanol–water partition coefficient (Wildman–Crippen LogP) is 7.31. The molecule has 0 N–H and O–H groups in total. The van der Waals surface area contributed by atoms with Gasteiger partial charge in [0.05, 0.1) is 16.1 Å². The van der Waals surface area contributed by atoms with Crippen LogP contribution >= 0.6 is 22.9 Å². The smallest absolute Gasteiger partial charge is 0.248 e. The number of rotatable bonds is 3. The van der Waals surface area contributed by atoms with Gasteiger partial charge in [-0.1, -0.05) is 29.8 Å². The first-order chi connectivity index (χ1) is 14.6. The van der Waals surface area contributed by atoms with Crippen molar-refractivity contribution in [3.8, 4) is 33.2 Å². The van der Waals surface area contributed by atoms with Gasteiger partial charge in [-0.2, -0.15) is 18.3 Å². The van der Waals surface area contributed by atoms with Gasteiger partial charge in [0.2, 0.25) is 0 Å². The highest BCUT2D eigenvalue weighted by Crippen LogP contribution is 2.42. The summed E-state index contributed by atoms with van der Waals surface area (Å²) in [5, 5.41) is 4.55. The van der Waals surface area contributed by atoms with Gasteiger partial charge in [0, 0.05) is 22.4 Å². The Hall–Kier alpha value is -2.71. The lowest BCUT2D eigenvalue weighted by Gasteiger charge is -2.07. The van der Waals surface area contributed by atoms with Crippen LogP contribution in [0.25, 0.3) is 33.2 Å². The molecule has 4 aromatic rings. The first-order valence-corrected chi connectivity index (χ1v) is 10.4. The van der Waals surface area contributed by atoms with Crippen LogP contribution in [0.3, 0.4) is 0 Å². The number of alkyl halides is 3. The molecule has 160 valence electrons. The Balaban J connectivity index is 1.79. The van der Waals surface area contributed by atoms with Crippen molar-refractivity contribution in [2.45, 2.75) is 20.0 Å². The molecule has 0 amide bonds. The number of hydrogen-bond acceptors (Lipinski definition) is 3. The molecule has 0 fully saturated rings. The van der Waals surface area contributed by atoms with Gasteiger partial charge in [-0.25, -0.2) is 14.1 Å². The molecule has 0 spiro atoms. The molecule has 2 heterocycles. The molecule has 0 saturated heterocycles. The van der Waals surface area contributed by atoms with Crippen LogP contribution in [0.15, 0.2) is 42.5 Å². The van der Waals surface area contributed by atoms with Gasteiger partial charge in [0.25, 0.3) is 0 Å². The minimum absolute atomic E-state index is 0.125. The molecule has 0 aliphatic heterocycles. The molecule has 4 rings (SSSR count). The van der Waals surface area contributed by atoms with Crippen LogP contribution in [-0.2, 0) is 13.2 Å². The Labute approximate surface area is 184 Å². The number of aryl methyl sites for hydroxylation is 2. The summed E-state index contributed by atoms with van der Waals surface area (Å²) in [6.45, 7) is 3.79. The largest absolute Gasteiger partial charge is 0.416 e. The summed E-state index contributed by atoms with van der Waals surface area (Å²) in [5.41, 5.74) is 1.79. The highest BCUT2D eigenvalue weighted by Gasteiger charge is 2.30. The average Bonchev–Trinajstić information content (AvgIpc) is 3.20. The van der Waals surface area contributed by atoms with Gasteiger partial charge in [0.1, 0.15) is 5.82 Å². The van der Waals surface area contributed by atoms with Crippen molar-refractivity contribution in [1.82, 2.24) is 14.8 Å². The van der Waals surface area contributed by atoms with E-state index in [1.807, 2.05) is 13.8 Å². The third kappa shape index (κ3) is 3.85. The van der Waals surface area contributed by atoms with Crippen molar-refractivity contribution in [3.05, 3.63) is 69.3 Å². The summed E-state index contributed by atoms with van der Waals surface area (Å²) in [5.74, 6) is 0.175. The fourth-order valence-corrected chi connectivity index (χ4v) is 4.90. The normalized spacial score (nSPS) is 11.9. The van der Waals surface area contributed by atoms with Crippen LogP contribution in [0.5, 0.6) is 0 Å². The van der Waals surface area contributed by atoms with E-state index in [1.165, 1.54) is 35.6 Å². The van der Waals surface area contributed by atoms with Gasteiger partial charge >= 0.3 is 6.18 Å². The van der Waals surface area contributed by atoms with Gasteiger partial charge in [0.15, 0.2) is 11.6 Å². The van der Waals surface area contributed by atoms with Gasteiger partial charge in [-0.15, -0.1) is 11.3 Å². The number of thiophene rings is 1. The number of aromatic nitrogens is 3. The van der Waals surface area contributed by atoms with Crippen LogP contribution < -0.4 is 0 Å². The lowest BCUT2D eigenvalue weighted by Crippen LogP contribution is -2.03. The third-order valence-electron chi connectivity index (χ3n) is 4.97. The van der Waals surface area contributed by atoms with E-state index in [0.717, 1.165) is 33.0 Å². The molecular weight excluding hydrogens is 450 g/mol. The van der Waals surface area contributed by atoms with Crippen LogP contribution in [0, 0.1) is 19.7 Å². The van der Waals surface area contributed by atoms with Crippen LogP contribution in [0.4, 0.5) is 17.6 Å². The van der Waals surface area contributed by atoms with Crippen LogP contribution in [0.1, 0.15) is 16.0 Å². The lowest BCUT2D eigenvalue weighted by atomic mass is 10.0. The Morgan fingerprint density at radius 3 is 2.29 bits per heavy atom. The molecule has 0 aliphatic rings. The third-order valence-corrected chi connectivity index (χ3v) is 6.54. The fourth-order valence-electron chi connectivity index (χ4n) is 3.49. The highest BCUT2D eigenvalue weighted by atomic mass is 35.5. The monoisotopic (exact) mass is 465 g/mol. The minimum Gasteiger partial charge on any atom is -0.248 e. The quantitative estimate of drug-likeness (QED) is 0.297. The second-order valence-corrected chi connectivity index (χ2v) is 8.67. The molecule has 31 heavy (non-hydrogen) atoms. The second kappa shape index (κ2) is 7.76. The topological polar surface area (TPSA) is 30.7 Å². The zero-order valence-corrected chi connectivity index (χ0v) is 18.3. The second-order valence-electron chi connectivity index (χ2n) is 7.04. The SMILES string of the molecule is Cc1sc(-c2ccc(C(F)(F)F)cc2)c(C)c1-c1nc(-c2c(F)cccc2Cl)nn1C. The summed E-state index contributed by atoms with van der Waals surface area (Å²) in [6.07, 6.45) is -4.38. The Kier molecular flexibility index (Phi) is 5.39. The number of benzene rings is 2. The van der Waals surface area contributed by atoms with Gasteiger partial charge in [-0.05, 0) is 49.2 Å². The maximum Gasteiger partial charge on any atom is 0.416 e. The van der Waals surface area contributed by atoms with E-state index in [9.17, 15) is 17.6 Å². The number of nitrogens with zero attached hydrogens (tertiary/aromatic N) is 3. The van der Waals surface area contributed by atoms with Gasteiger partial charge < -0.3 is 0 Å². The Bertz CT molecular complexity index is 1250. The summed E-state index contributed by atoms with van der Waals surface area (Å²) in [6, 6.07) is 9.45. The van der Waals surface area contributed by atoms with Crippen molar-refractivity contribution < 1.29 is 17.6 Å². The van der Waals surface area contributed by atoms with E-state index in [0.29, 0.717) is 11.4 Å². The molecule has 0 saturated carbocycles. The van der Waals surface area contributed by atoms with Crippen molar-refractivity contribution in [3.63, 3.8) is 0 Å². The molecule has 0 aliphatic carbocycles. The molecule has 2 aromatic heterocycles. The highest BCUT2D eigenvalue weighted by molar-refractivity contribution is 7.16. The maximum atomic E-state index is 14.3. The first-order valence-electron chi connectivity index (χ1n) is 9.21. The molecular formula is C22H16ClF4N3S. The standard InChI is InChI=1S/C22H16ClF4N3S/c1-11-17(12(2)31-19(11)13-7-9-14(10-8-13)22(25,26)27)21-28-20(29-30(21)3)18-15(23)5-4-6-16(18)24/h4-10H,1-3H3. The molecule has 0 unspecified atom stereocenters. The van der Waals surface area contributed by atoms with Crippen molar-refractivity contribution in [2.75, 3.05) is 0 Å². The predicted molar refractivity (Wildman–Crippen MR) is 115 cm³/mol. The molecule has 3 nitrogen and oxygen atoms in total. The number of hydrogen-bond donors (Lipinski definition) is 0. The van der Waals surface area contributed by atoms with Crippen molar-refractivity contribution in [2.24, 2.45) is 7.05 Å². The molecule has 9 heteroatoms. The van der Waals surface area contributed by atoms with E-state index in [4.69, 9.17) is 11.6 Å². The summed E-state index contributed by atoms with van der Waals surface area (Å²) in [7, 11) is 1.70. The van der Waals surface area contributed by atoms with Crippen molar-refractivity contribution >= 4 is 22.9 Å². The minimum atomic E-state index is -4.38. The first kappa shape index (κ1) is 21.5. The zero-order valence-electron chi connectivity index (χ0n) is 16.7. The van der Waals surface area contributed by atoms with Crippen molar-refractivity contribution in [1.29, 1.82) is 0 Å². The van der Waals surface area contributed by atoms with E-state index >= 15 is 0 Å². The summed E-state index contributed by atoms with van der Waals surface area (Å²) in [4.78, 5) is 6.30. The maximum absolute atomic E-state index is 14.3. The average molecular weight is 466 g/mol. The van der Waals surface area contributed by atoms with Crippen LogP contribution in [0.2, 0.25) is 5.02 Å². The summed E-state index contributed by atoms with van der Waals surface area (Å²) < 4.78 is 54.5.